The van der Waals surface area contributed by atoms with Gasteiger partial charge in [-0.1, -0.05) is 45.7 Å². The standard InChI is InChI=1S/C15H10BrClN2O/c16-12-5-6-13-11(7-12)8-18-19(15(13)20)9-10-3-1-2-4-14(10)17/h1-8H,9H2. The summed E-state index contributed by atoms with van der Waals surface area (Å²) in [6.07, 6.45) is 1.69. The highest BCUT2D eigenvalue weighted by atomic mass is 79.9. The zero-order valence-corrected chi connectivity index (χ0v) is 12.7. The molecule has 0 spiro atoms. The van der Waals surface area contributed by atoms with Crippen molar-refractivity contribution in [3.63, 3.8) is 0 Å². The molecule has 0 saturated heterocycles. The number of halogens is 2. The van der Waals surface area contributed by atoms with Gasteiger partial charge in [0.2, 0.25) is 0 Å². The molecule has 0 aliphatic carbocycles. The Bertz CT molecular complexity index is 845. The van der Waals surface area contributed by atoms with Gasteiger partial charge in [0, 0.05) is 14.9 Å². The highest BCUT2D eigenvalue weighted by Crippen LogP contribution is 2.18. The Morgan fingerprint density at radius 1 is 1.20 bits per heavy atom. The Kier molecular flexibility index (Phi) is 3.59. The van der Waals surface area contributed by atoms with E-state index >= 15 is 0 Å². The molecule has 0 radical (unpaired) electrons. The van der Waals surface area contributed by atoms with E-state index in [0.29, 0.717) is 17.0 Å². The summed E-state index contributed by atoms with van der Waals surface area (Å²) in [5.74, 6) is 0. The fourth-order valence-corrected chi connectivity index (χ4v) is 2.63. The van der Waals surface area contributed by atoms with Gasteiger partial charge in [-0.25, -0.2) is 4.68 Å². The van der Waals surface area contributed by atoms with Gasteiger partial charge in [0.05, 0.1) is 18.1 Å². The number of hydrogen-bond donors (Lipinski definition) is 0. The van der Waals surface area contributed by atoms with Crippen molar-refractivity contribution in [3.8, 4) is 0 Å². The molecule has 0 atom stereocenters. The van der Waals surface area contributed by atoms with Crippen molar-refractivity contribution in [1.29, 1.82) is 0 Å². The van der Waals surface area contributed by atoms with Gasteiger partial charge in [-0.15, -0.1) is 0 Å². The summed E-state index contributed by atoms with van der Waals surface area (Å²) >= 11 is 9.50. The maximum atomic E-state index is 12.4. The molecular weight excluding hydrogens is 340 g/mol. The summed E-state index contributed by atoms with van der Waals surface area (Å²) in [6.45, 7) is 0.366. The zero-order valence-electron chi connectivity index (χ0n) is 10.4. The van der Waals surface area contributed by atoms with E-state index in [0.717, 1.165) is 15.4 Å². The maximum absolute atomic E-state index is 12.4. The lowest BCUT2D eigenvalue weighted by Gasteiger charge is -2.07. The van der Waals surface area contributed by atoms with E-state index in [9.17, 15) is 4.79 Å². The van der Waals surface area contributed by atoms with Crippen LogP contribution in [0.2, 0.25) is 5.02 Å². The molecule has 3 nitrogen and oxygen atoms in total. The molecule has 0 fully saturated rings. The van der Waals surface area contributed by atoms with Crippen LogP contribution in [-0.4, -0.2) is 9.78 Å². The molecule has 2 aromatic carbocycles. The summed E-state index contributed by atoms with van der Waals surface area (Å²) in [7, 11) is 0. The summed E-state index contributed by atoms with van der Waals surface area (Å²) in [5, 5.41) is 6.31. The summed E-state index contributed by atoms with van der Waals surface area (Å²) < 4.78 is 2.35. The average Bonchev–Trinajstić information content (AvgIpc) is 2.44. The molecule has 0 bridgehead atoms. The van der Waals surface area contributed by atoms with E-state index in [1.165, 1.54) is 4.68 Å². The van der Waals surface area contributed by atoms with Gasteiger partial charge in [0.1, 0.15) is 0 Å². The molecule has 1 heterocycles. The van der Waals surface area contributed by atoms with E-state index in [1.54, 1.807) is 18.3 Å². The van der Waals surface area contributed by atoms with Crippen molar-refractivity contribution >= 4 is 38.3 Å². The van der Waals surface area contributed by atoms with Crippen LogP contribution in [0.3, 0.4) is 0 Å². The highest BCUT2D eigenvalue weighted by molar-refractivity contribution is 9.10. The fraction of sp³-hybridized carbons (Fsp3) is 0.0667. The topological polar surface area (TPSA) is 34.9 Å². The van der Waals surface area contributed by atoms with Crippen LogP contribution in [0.4, 0.5) is 0 Å². The number of hydrogen-bond acceptors (Lipinski definition) is 2. The van der Waals surface area contributed by atoms with Crippen LogP contribution in [0.15, 0.2) is 57.9 Å². The van der Waals surface area contributed by atoms with E-state index in [2.05, 4.69) is 21.0 Å². The van der Waals surface area contributed by atoms with Crippen LogP contribution in [-0.2, 0) is 6.54 Å². The third-order valence-corrected chi connectivity index (χ3v) is 3.95. The molecule has 0 aliphatic heterocycles. The molecule has 3 aromatic rings. The second-order valence-electron chi connectivity index (χ2n) is 4.43. The molecule has 5 heteroatoms. The Labute approximate surface area is 128 Å². The molecule has 0 aliphatic rings. The predicted molar refractivity (Wildman–Crippen MR) is 84.3 cm³/mol. The Hall–Kier alpha value is -1.65. The minimum Gasteiger partial charge on any atom is -0.267 e. The first-order valence-electron chi connectivity index (χ1n) is 6.04. The lowest BCUT2D eigenvalue weighted by molar-refractivity contribution is 0.647. The van der Waals surface area contributed by atoms with Crippen molar-refractivity contribution < 1.29 is 0 Å². The normalized spacial score (nSPS) is 10.9. The quantitative estimate of drug-likeness (QED) is 0.704. The summed E-state index contributed by atoms with van der Waals surface area (Å²) in [5.41, 5.74) is 0.759. The third kappa shape index (κ3) is 2.49. The van der Waals surface area contributed by atoms with Crippen LogP contribution in [0, 0.1) is 0 Å². The number of benzene rings is 2. The SMILES string of the molecule is O=c1c2ccc(Br)cc2cnn1Cc1ccccc1Cl. The first-order chi connectivity index (χ1) is 9.65. The van der Waals surface area contributed by atoms with Crippen LogP contribution in [0.1, 0.15) is 5.56 Å². The summed E-state index contributed by atoms with van der Waals surface area (Å²) in [6, 6.07) is 13.0. The van der Waals surface area contributed by atoms with Gasteiger partial charge < -0.3 is 0 Å². The lowest BCUT2D eigenvalue weighted by Crippen LogP contribution is -2.23. The Morgan fingerprint density at radius 3 is 2.80 bits per heavy atom. The average molecular weight is 350 g/mol. The minimum absolute atomic E-state index is 0.116. The van der Waals surface area contributed by atoms with Gasteiger partial charge in [-0.05, 0) is 29.8 Å². The van der Waals surface area contributed by atoms with Crippen LogP contribution < -0.4 is 5.56 Å². The zero-order chi connectivity index (χ0) is 14.1. The number of nitrogens with zero attached hydrogens (tertiary/aromatic N) is 2. The van der Waals surface area contributed by atoms with Gasteiger partial charge >= 0.3 is 0 Å². The molecule has 0 N–H and O–H groups in total. The number of rotatable bonds is 2. The largest absolute Gasteiger partial charge is 0.274 e. The predicted octanol–water partition coefficient (Wildman–Crippen LogP) is 3.86. The van der Waals surface area contributed by atoms with E-state index in [4.69, 9.17) is 11.6 Å². The Balaban J connectivity index is 2.09. The van der Waals surface area contributed by atoms with Crippen molar-refractivity contribution in [2.75, 3.05) is 0 Å². The number of aromatic nitrogens is 2. The van der Waals surface area contributed by atoms with E-state index in [-0.39, 0.29) is 5.56 Å². The molecule has 0 saturated carbocycles. The van der Waals surface area contributed by atoms with Gasteiger partial charge in [-0.3, -0.25) is 4.79 Å². The number of fused-ring (bicyclic) bond motifs is 1. The van der Waals surface area contributed by atoms with Gasteiger partial charge in [0.25, 0.3) is 5.56 Å². The van der Waals surface area contributed by atoms with Gasteiger partial charge in [-0.2, -0.15) is 5.10 Å². The van der Waals surface area contributed by atoms with E-state index in [1.807, 2.05) is 30.3 Å². The summed E-state index contributed by atoms with van der Waals surface area (Å²) in [4.78, 5) is 12.4. The molecule has 100 valence electrons. The van der Waals surface area contributed by atoms with Crippen LogP contribution in [0.5, 0.6) is 0 Å². The molecule has 20 heavy (non-hydrogen) atoms. The fourth-order valence-electron chi connectivity index (χ4n) is 2.06. The Morgan fingerprint density at radius 2 is 2.00 bits per heavy atom. The molecule has 1 aromatic heterocycles. The molecular formula is C15H10BrClN2O. The second kappa shape index (κ2) is 5.38. The monoisotopic (exact) mass is 348 g/mol. The van der Waals surface area contributed by atoms with Crippen molar-refractivity contribution in [2.24, 2.45) is 0 Å². The molecule has 0 amide bonds. The van der Waals surface area contributed by atoms with E-state index < -0.39 is 0 Å². The molecule has 3 rings (SSSR count). The van der Waals surface area contributed by atoms with Crippen molar-refractivity contribution in [2.45, 2.75) is 6.54 Å². The smallest absolute Gasteiger partial charge is 0.267 e. The highest BCUT2D eigenvalue weighted by Gasteiger charge is 2.07. The molecule has 0 unspecified atom stereocenters. The first-order valence-corrected chi connectivity index (χ1v) is 7.21. The van der Waals surface area contributed by atoms with Gasteiger partial charge in [0.15, 0.2) is 0 Å². The van der Waals surface area contributed by atoms with Crippen LogP contribution in [0.25, 0.3) is 10.8 Å². The first kappa shape index (κ1) is 13.3. The van der Waals surface area contributed by atoms with Crippen LogP contribution >= 0.6 is 27.5 Å². The second-order valence-corrected chi connectivity index (χ2v) is 5.75. The lowest BCUT2D eigenvalue weighted by atomic mass is 10.2. The van der Waals surface area contributed by atoms with Crippen molar-refractivity contribution in [1.82, 2.24) is 9.78 Å². The maximum Gasteiger partial charge on any atom is 0.274 e. The van der Waals surface area contributed by atoms with Crippen molar-refractivity contribution in [3.05, 3.63) is 74.1 Å². The third-order valence-electron chi connectivity index (χ3n) is 3.09. The minimum atomic E-state index is -0.116.